The van der Waals surface area contributed by atoms with Crippen LogP contribution in [0.1, 0.15) is 36.2 Å². The van der Waals surface area contributed by atoms with E-state index in [4.69, 9.17) is 11.6 Å². The van der Waals surface area contributed by atoms with E-state index in [1.807, 2.05) is 6.92 Å². The van der Waals surface area contributed by atoms with E-state index < -0.39 is 21.8 Å². The van der Waals surface area contributed by atoms with Crippen molar-refractivity contribution in [1.29, 1.82) is 0 Å². The summed E-state index contributed by atoms with van der Waals surface area (Å²) in [6, 6.07) is 12.0. The number of rotatable bonds is 7. The van der Waals surface area contributed by atoms with Gasteiger partial charge in [-0.15, -0.1) is 0 Å². The molecule has 0 spiro atoms. The summed E-state index contributed by atoms with van der Waals surface area (Å²) < 4.78 is 27.0. The Hall–Kier alpha value is -2.42. The zero-order valence-corrected chi connectivity index (χ0v) is 17.1. The van der Waals surface area contributed by atoms with Gasteiger partial charge in [0.2, 0.25) is 15.9 Å². The molecule has 2 aromatic carbocycles. The third kappa shape index (κ3) is 6.33. The number of benzene rings is 2. The fourth-order valence-electron chi connectivity index (χ4n) is 2.23. The highest BCUT2D eigenvalue weighted by atomic mass is 35.5. The minimum atomic E-state index is -3.64. The van der Waals surface area contributed by atoms with Crippen LogP contribution in [0.4, 0.5) is 0 Å². The van der Waals surface area contributed by atoms with Gasteiger partial charge in [0.1, 0.15) is 0 Å². The summed E-state index contributed by atoms with van der Waals surface area (Å²) in [5, 5.41) is 0.572. The van der Waals surface area contributed by atoms with E-state index in [0.29, 0.717) is 11.4 Å². The van der Waals surface area contributed by atoms with Crippen LogP contribution in [0, 0.1) is 0 Å². The SMILES string of the molecule is CCC(C)NS(=O)(=O)c1ccc(C(=O)NNC(=O)Cc2ccc(Cl)cc2)cc1. The molecule has 0 saturated carbocycles. The molecule has 7 nitrogen and oxygen atoms in total. The second kappa shape index (κ2) is 9.68. The molecular weight excluding hydrogens is 402 g/mol. The molecule has 28 heavy (non-hydrogen) atoms. The Balaban J connectivity index is 1.92. The van der Waals surface area contributed by atoms with Gasteiger partial charge in [-0.05, 0) is 55.3 Å². The lowest BCUT2D eigenvalue weighted by atomic mass is 10.1. The molecule has 2 amide bonds. The van der Waals surface area contributed by atoms with Crippen LogP contribution < -0.4 is 15.6 Å². The second-order valence-electron chi connectivity index (χ2n) is 6.26. The molecule has 0 aliphatic carbocycles. The van der Waals surface area contributed by atoms with Crippen LogP contribution in [0.3, 0.4) is 0 Å². The quantitative estimate of drug-likeness (QED) is 0.595. The van der Waals surface area contributed by atoms with Crippen LogP contribution in [0.2, 0.25) is 5.02 Å². The van der Waals surface area contributed by atoms with Crippen molar-refractivity contribution in [3.8, 4) is 0 Å². The highest BCUT2D eigenvalue weighted by Gasteiger charge is 2.17. The third-order valence-corrected chi connectivity index (χ3v) is 5.85. The van der Waals surface area contributed by atoms with Crippen molar-refractivity contribution in [3.63, 3.8) is 0 Å². The fraction of sp³-hybridized carbons (Fsp3) is 0.263. The molecular formula is C19H22ClN3O4S. The Morgan fingerprint density at radius 1 is 1.00 bits per heavy atom. The first kappa shape index (κ1) is 21.9. The molecule has 150 valence electrons. The lowest BCUT2D eigenvalue weighted by Crippen LogP contribution is -2.42. The Bertz CT molecular complexity index is 929. The van der Waals surface area contributed by atoms with Crippen molar-refractivity contribution in [3.05, 3.63) is 64.7 Å². The van der Waals surface area contributed by atoms with Crippen molar-refractivity contribution >= 4 is 33.4 Å². The van der Waals surface area contributed by atoms with Crippen LogP contribution in [0.15, 0.2) is 53.4 Å². The standard InChI is InChI=1S/C19H22ClN3O4S/c1-3-13(2)23-28(26,27)17-10-6-15(7-11-17)19(25)22-21-18(24)12-14-4-8-16(20)9-5-14/h4-11,13,23H,3,12H2,1-2H3,(H,21,24)(H,22,25). The number of hydrogen-bond acceptors (Lipinski definition) is 4. The molecule has 2 aromatic rings. The molecule has 1 unspecified atom stereocenters. The molecule has 3 N–H and O–H groups in total. The van der Waals surface area contributed by atoms with E-state index in [1.165, 1.54) is 24.3 Å². The van der Waals surface area contributed by atoms with Gasteiger partial charge in [-0.3, -0.25) is 20.4 Å². The summed E-state index contributed by atoms with van der Waals surface area (Å²) in [4.78, 5) is 24.1. The zero-order valence-electron chi connectivity index (χ0n) is 15.5. The van der Waals surface area contributed by atoms with Crippen molar-refractivity contribution in [2.24, 2.45) is 0 Å². The third-order valence-electron chi connectivity index (χ3n) is 3.99. The molecule has 1 atom stereocenters. The van der Waals surface area contributed by atoms with Gasteiger partial charge in [-0.2, -0.15) is 0 Å². The number of carbonyl (C=O) groups excluding carboxylic acids is 2. The molecule has 0 aliphatic heterocycles. The van der Waals surface area contributed by atoms with E-state index in [1.54, 1.807) is 31.2 Å². The van der Waals surface area contributed by atoms with E-state index in [-0.39, 0.29) is 22.9 Å². The topological polar surface area (TPSA) is 104 Å². The van der Waals surface area contributed by atoms with Crippen molar-refractivity contribution in [1.82, 2.24) is 15.6 Å². The van der Waals surface area contributed by atoms with Crippen LogP contribution in [-0.2, 0) is 21.2 Å². The minimum absolute atomic E-state index is 0.0659. The Morgan fingerprint density at radius 3 is 2.18 bits per heavy atom. The van der Waals surface area contributed by atoms with Gasteiger partial charge in [0.15, 0.2) is 0 Å². The second-order valence-corrected chi connectivity index (χ2v) is 8.41. The zero-order chi connectivity index (χ0) is 20.7. The number of hydrazine groups is 1. The summed E-state index contributed by atoms with van der Waals surface area (Å²) in [5.74, 6) is -0.948. The predicted molar refractivity (Wildman–Crippen MR) is 107 cm³/mol. The molecule has 9 heteroatoms. The minimum Gasteiger partial charge on any atom is -0.273 e. The number of amides is 2. The number of sulfonamides is 1. The fourth-order valence-corrected chi connectivity index (χ4v) is 3.69. The molecule has 0 fully saturated rings. The molecule has 0 heterocycles. The van der Waals surface area contributed by atoms with Gasteiger partial charge in [0, 0.05) is 16.6 Å². The highest BCUT2D eigenvalue weighted by molar-refractivity contribution is 7.89. The lowest BCUT2D eigenvalue weighted by Gasteiger charge is -2.12. The molecule has 2 rings (SSSR count). The first-order valence-electron chi connectivity index (χ1n) is 8.67. The van der Waals surface area contributed by atoms with E-state index in [0.717, 1.165) is 5.56 Å². The van der Waals surface area contributed by atoms with Gasteiger partial charge in [-0.1, -0.05) is 30.7 Å². The summed E-state index contributed by atoms with van der Waals surface area (Å²) in [5.41, 5.74) is 5.59. The van der Waals surface area contributed by atoms with Gasteiger partial charge in [-0.25, -0.2) is 13.1 Å². The largest absolute Gasteiger partial charge is 0.273 e. The Labute approximate surface area is 169 Å². The van der Waals surface area contributed by atoms with Crippen LogP contribution in [0.5, 0.6) is 0 Å². The van der Waals surface area contributed by atoms with Gasteiger partial charge in [0.25, 0.3) is 5.91 Å². The molecule has 0 aromatic heterocycles. The Morgan fingerprint density at radius 2 is 1.61 bits per heavy atom. The normalized spacial score (nSPS) is 12.2. The summed E-state index contributed by atoms with van der Waals surface area (Å²) in [6.07, 6.45) is 0.741. The molecule has 0 radical (unpaired) electrons. The summed E-state index contributed by atoms with van der Waals surface area (Å²) in [6.45, 7) is 3.65. The Kier molecular flexibility index (Phi) is 7.56. The smallest absolute Gasteiger partial charge is 0.269 e. The maximum Gasteiger partial charge on any atom is 0.269 e. The van der Waals surface area contributed by atoms with Crippen LogP contribution >= 0.6 is 11.6 Å². The maximum atomic E-state index is 12.2. The van der Waals surface area contributed by atoms with Crippen LogP contribution in [-0.4, -0.2) is 26.3 Å². The predicted octanol–water partition coefficient (Wildman–Crippen LogP) is 2.42. The highest BCUT2D eigenvalue weighted by Crippen LogP contribution is 2.12. The summed E-state index contributed by atoms with van der Waals surface area (Å²) in [7, 11) is -3.64. The van der Waals surface area contributed by atoms with Gasteiger partial charge in [0.05, 0.1) is 11.3 Å². The van der Waals surface area contributed by atoms with Crippen LogP contribution in [0.25, 0.3) is 0 Å². The number of carbonyl (C=O) groups is 2. The van der Waals surface area contributed by atoms with Crippen molar-refractivity contribution in [2.75, 3.05) is 0 Å². The number of nitrogens with one attached hydrogen (secondary N) is 3. The lowest BCUT2D eigenvalue weighted by molar-refractivity contribution is -0.121. The van der Waals surface area contributed by atoms with Crippen molar-refractivity contribution < 1.29 is 18.0 Å². The molecule has 0 bridgehead atoms. The monoisotopic (exact) mass is 423 g/mol. The average Bonchev–Trinajstić information content (AvgIpc) is 2.67. The van der Waals surface area contributed by atoms with Gasteiger partial charge < -0.3 is 0 Å². The first-order chi connectivity index (χ1) is 13.2. The van der Waals surface area contributed by atoms with E-state index in [9.17, 15) is 18.0 Å². The maximum absolute atomic E-state index is 12.2. The first-order valence-corrected chi connectivity index (χ1v) is 10.5. The van der Waals surface area contributed by atoms with E-state index >= 15 is 0 Å². The van der Waals surface area contributed by atoms with E-state index in [2.05, 4.69) is 15.6 Å². The molecule has 0 saturated heterocycles. The van der Waals surface area contributed by atoms with Crippen molar-refractivity contribution in [2.45, 2.75) is 37.6 Å². The number of halogens is 1. The summed E-state index contributed by atoms with van der Waals surface area (Å²) >= 11 is 5.79. The average molecular weight is 424 g/mol. The van der Waals surface area contributed by atoms with Gasteiger partial charge >= 0.3 is 0 Å². The number of hydrogen-bond donors (Lipinski definition) is 3. The molecule has 0 aliphatic rings.